The maximum absolute atomic E-state index is 11.7. The SMILES string of the molecule is Cc1cc([C@@H]2[C@@H](c3ccccn3)NC(=S)N2c2ccc(NS(C)(=O)=O)cc2)c(C)n1CCCN1CCOCC1. The molecule has 9 nitrogen and oxygen atoms in total. The van der Waals surface area contributed by atoms with Crippen molar-refractivity contribution in [3.63, 3.8) is 0 Å². The molecule has 2 saturated heterocycles. The molecule has 1 aromatic carbocycles. The minimum absolute atomic E-state index is 0.125. The predicted octanol–water partition coefficient (Wildman–Crippen LogP) is 3.77. The Hall–Kier alpha value is -2.99. The molecule has 2 aliphatic heterocycles. The standard InChI is InChI=1S/C28H36N6O3S2/c1-20-19-24(21(2)33(20)14-6-13-32-15-17-37-18-16-32)27-26(25-7-4-5-12-29-25)30-28(38)34(27)23-10-8-22(9-11-23)31-39(3,35)36/h4-5,7-12,19,26-27,31H,6,13-18H2,1-3H3,(H,30,38)/t26-,27-/m1/s1. The minimum Gasteiger partial charge on any atom is -0.379 e. The highest BCUT2D eigenvalue weighted by atomic mass is 32.2. The van der Waals surface area contributed by atoms with Crippen LogP contribution in [0.2, 0.25) is 0 Å². The Balaban J connectivity index is 1.46. The van der Waals surface area contributed by atoms with Crippen molar-refractivity contribution >= 4 is 38.7 Å². The molecule has 11 heteroatoms. The van der Waals surface area contributed by atoms with Crippen LogP contribution in [-0.2, 0) is 21.3 Å². The second kappa shape index (κ2) is 11.6. The molecule has 39 heavy (non-hydrogen) atoms. The van der Waals surface area contributed by atoms with Gasteiger partial charge in [-0.2, -0.15) is 0 Å². The van der Waals surface area contributed by atoms with Crippen LogP contribution in [-0.4, -0.2) is 67.1 Å². The number of benzene rings is 1. The lowest BCUT2D eigenvalue weighted by molar-refractivity contribution is 0.0369. The van der Waals surface area contributed by atoms with E-state index in [-0.39, 0.29) is 12.1 Å². The van der Waals surface area contributed by atoms with Crippen molar-refractivity contribution in [2.24, 2.45) is 0 Å². The molecule has 208 valence electrons. The number of morpholine rings is 1. The average molecular weight is 569 g/mol. The summed E-state index contributed by atoms with van der Waals surface area (Å²) in [5, 5.41) is 4.13. The molecule has 4 heterocycles. The molecule has 0 spiro atoms. The highest BCUT2D eigenvalue weighted by molar-refractivity contribution is 7.92. The molecule has 5 rings (SSSR count). The molecule has 0 aliphatic carbocycles. The van der Waals surface area contributed by atoms with Crippen molar-refractivity contribution in [2.75, 3.05) is 48.7 Å². The maximum Gasteiger partial charge on any atom is 0.229 e. The number of anilines is 2. The molecule has 3 aromatic rings. The van der Waals surface area contributed by atoms with Crippen LogP contribution in [0.1, 0.15) is 41.1 Å². The van der Waals surface area contributed by atoms with Crippen LogP contribution in [0.5, 0.6) is 0 Å². The first kappa shape index (κ1) is 27.6. The minimum atomic E-state index is -3.36. The Bertz CT molecular complexity index is 1400. The first-order valence-electron chi connectivity index (χ1n) is 13.3. The van der Waals surface area contributed by atoms with Gasteiger partial charge in [0.1, 0.15) is 0 Å². The monoisotopic (exact) mass is 568 g/mol. The van der Waals surface area contributed by atoms with Crippen molar-refractivity contribution in [1.29, 1.82) is 0 Å². The number of aromatic nitrogens is 2. The first-order chi connectivity index (χ1) is 18.7. The van der Waals surface area contributed by atoms with Gasteiger partial charge in [0.25, 0.3) is 0 Å². The molecule has 2 N–H and O–H groups in total. The fourth-order valence-corrected chi connectivity index (χ4v) is 6.51. The van der Waals surface area contributed by atoms with Crippen molar-refractivity contribution in [3.05, 3.63) is 77.4 Å². The molecular weight excluding hydrogens is 532 g/mol. The van der Waals surface area contributed by atoms with Crippen molar-refractivity contribution in [3.8, 4) is 0 Å². The maximum atomic E-state index is 11.7. The number of hydrogen-bond acceptors (Lipinski definition) is 6. The van der Waals surface area contributed by atoms with Crippen LogP contribution in [0.15, 0.2) is 54.7 Å². The van der Waals surface area contributed by atoms with E-state index in [0.29, 0.717) is 10.8 Å². The fraction of sp³-hybridized carbons (Fsp3) is 0.429. The summed E-state index contributed by atoms with van der Waals surface area (Å²) >= 11 is 5.88. The van der Waals surface area contributed by atoms with Gasteiger partial charge in [-0.25, -0.2) is 8.42 Å². The summed E-state index contributed by atoms with van der Waals surface area (Å²) < 4.78 is 33.8. The van der Waals surface area contributed by atoms with Crippen molar-refractivity contribution in [1.82, 2.24) is 19.8 Å². The molecule has 0 radical (unpaired) electrons. The van der Waals surface area contributed by atoms with Crippen LogP contribution in [0.25, 0.3) is 0 Å². The molecule has 2 aliphatic rings. The summed E-state index contributed by atoms with van der Waals surface area (Å²) in [5.74, 6) is 0. The van der Waals surface area contributed by atoms with Crippen LogP contribution < -0.4 is 14.9 Å². The highest BCUT2D eigenvalue weighted by Gasteiger charge is 2.42. The highest BCUT2D eigenvalue weighted by Crippen LogP contribution is 2.43. The number of nitrogens with zero attached hydrogens (tertiary/aromatic N) is 4. The van der Waals surface area contributed by atoms with E-state index in [9.17, 15) is 8.42 Å². The number of hydrogen-bond donors (Lipinski definition) is 2. The summed E-state index contributed by atoms with van der Waals surface area (Å²) in [4.78, 5) is 9.26. The van der Waals surface area contributed by atoms with Crippen molar-refractivity contribution in [2.45, 2.75) is 38.9 Å². The summed E-state index contributed by atoms with van der Waals surface area (Å²) in [6.07, 6.45) is 4.02. The van der Waals surface area contributed by atoms with E-state index in [1.54, 1.807) is 18.3 Å². The number of thiocarbonyl (C=S) groups is 1. The van der Waals surface area contributed by atoms with Crippen LogP contribution in [0.4, 0.5) is 11.4 Å². The zero-order valence-corrected chi connectivity index (χ0v) is 24.3. The Kier molecular flexibility index (Phi) is 8.22. The number of pyridine rings is 1. The molecule has 0 bridgehead atoms. The Morgan fingerprint density at radius 2 is 1.85 bits per heavy atom. The normalized spacial score (nSPS) is 20.3. The topological polar surface area (TPSA) is 91.7 Å². The van der Waals surface area contributed by atoms with E-state index >= 15 is 0 Å². The molecule has 2 atom stereocenters. The van der Waals surface area contributed by atoms with Crippen LogP contribution in [0.3, 0.4) is 0 Å². The van der Waals surface area contributed by atoms with Gasteiger partial charge in [0.15, 0.2) is 5.11 Å². The third kappa shape index (κ3) is 6.27. The van der Waals surface area contributed by atoms with Gasteiger partial charge in [0, 0.05) is 55.1 Å². The number of sulfonamides is 1. The van der Waals surface area contributed by atoms with E-state index in [1.165, 1.54) is 17.0 Å². The molecular formula is C28H36N6O3S2. The van der Waals surface area contributed by atoms with E-state index < -0.39 is 10.0 Å². The van der Waals surface area contributed by atoms with Gasteiger partial charge in [0.2, 0.25) is 10.0 Å². The summed E-state index contributed by atoms with van der Waals surface area (Å²) in [6.45, 7) is 9.98. The Labute approximate surface area is 236 Å². The fourth-order valence-electron chi connectivity index (χ4n) is 5.60. The molecule has 0 unspecified atom stereocenters. The molecule has 0 saturated carbocycles. The van der Waals surface area contributed by atoms with Crippen LogP contribution >= 0.6 is 12.2 Å². The largest absolute Gasteiger partial charge is 0.379 e. The zero-order valence-electron chi connectivity index (χ0n) is 22.6. The molecule has 2 fully saturated rings. The summed E-state index contributed by atoms with van der Waals surface area (Å²) in [6, 6.07) is 15.3. The number of ether oxygens (including phenoxy) is 1. The summed E-state index contributed by atoms with van der Waals surface area (Å²) in [7, 11) is -3.36. The van der Waals surface area contributed by atoms with E-state index in [1.807, 2.05) is 30.3 Å². The van der Waals surface area contributed by atoms with E-state index in [0.717, 1.165) is 63.5 Å². The molecule has 0 amide bonds. The second-order valence-corrected chi connectivity index (χ2v) is 12.3. The van der Waals surface area contributed by atoms with Crippen molar-refractivity contribution < 1.29 is 13.2 Å². The number of nitrogens with one attached hydrogen (secondary N) is 2. The zero-order chi connectivity index (χ0) is 27.6. The Morgan fingerprint density at radius 1 is 1.10 bits per heavy atom. The first-order valence-corrected chi connectivity index (χ1v) is 15.6. The van der Waals surface area contributed by atoms with Crippen LogP contribution in [0, 0.1) is 13.8 Å². The lowest BCUT2D eigenvalue weighted by atomic mass is 9.96. The van der Waals surface area contributed by atoms with Gasteiger partial charge in [0.05, 0.1) is 37.2 Å². The van der Waals surface area contributed by atoms with Gasteiger partial charge < -0.3 is 19.5 Å². The second-order valence-electron chi connectivity index (χ2n) is 10.2. The molecule has 2 aromatic heterocycles. The van der Waals surface area contributed by atoms with Gasteiger partial charge in [-0.1, -0.05) is 6.07 Å². The quantitative estimate of drug-likeness (QED) is 0.377. The predicted molar refractivity (Wildman–Crippen MR) is 159 cm³/mol. The van der Waals surface area contributed by atoms with Gasteiger partial charge in [-0.15, -0.1) is 0 Å². The van der Waals surface area contributed by atoms with Gasteiger partial charge in [-0.3, -0.25) is 14.6 Å². The summed E-state index contributed by atoms with van der Waals surface area (Å²) in [5.41, 5.74) is 5.93. The van der Waals surface area contributed by atoms with Gasteiger partial charge in [-0.05, 0) is 80.5 Å². The van der Waals surface area contributed by atoms with E-state index in [4.69, 9.17) is 17.0 Å². The Morgan fingerprint density at radius 3 is 2.51 bits per heavy atom. The number of aryl methyl sites for hydroxylation is 1. The lowest BCUT2D eigenvalue weighted by Gasteiger charge is -2.28. The van der Waals surface area contributed by atoms with E-state index in [2.05, 4.69) is 49.3 Å². The smallest absolute Gasteiger partial charge is 0.229 e. The average Bonchev–Trinajstić information content (AvgIpc) is 3.40. The third-order valence-electron chi connectivity index (χ3n) is 7.44. The lowest BCUT2D eigenvalue weighted by Crippen LogP contribution is -2.37. The van der Waals surface area contributed by atoms with Gasteiger partial charge >= 0.3 is 0 Å². The third-order valence-corrected chi connectivity index (χ3v) is 8.36. The number of rotatable bonds is 9.